The molecule has 0 spiro atoms. The quantitative estimate of drug-likeness (QED) is 0.910. The SMILES string of the molecule is C=C(Br)CNS(=O)(=O)c1ncn(C)c1Cl. The van der Waals surface area contributed by atoms with Gasteiger partial charge >= 0.3 is 0 Å². The van der Waals surface area contributed by atoms with E-state index >= 15 is 0 Å². The Morgan fingerprint density at radius 3 is 2.80 bits per heavy atom. The fourth-order valence-electron chi connectivity index (χ4n) is 0.816. The topological polar surface area (TPSA) is 64.0 Å². The third kappa shape index (κ3) is 3.04. The zero-order chi connectivity index (χ0) is 11.6. The standard InChI is InChI=1S/C7H9BrClN3O2S/c1-5(8)3-11-15(13,14)7-6(9)12(2)4-10-7/h4,11H,1,3H2,2H3. The molecular formula is C7H9BrClN3O2S. The Morgan fingerprint density at radius 2 is 2.40 bits per heavy atom. The van der Waals surface area contributed by atoms with E-state index in [2.05, 4.69) is 32.2 Å². The van der Waals surface area contributed by atoms with Crippen molar-refractivity contribution in [2.24, 2.45) is 7.05 Å². The number of nitrogens with zero attached hydrogens (tertiary/aromatic N) is 2. The second-order valence-electron chi connectivity index (χ2n) is 2.79. The van der Waals surface area contributed by atoms with E-state index < -0.39 is 10.0 Å². The number of aryl methyl sites for hydroxylation is 1. The second-order valence-corrected chi connectivity index (χ2v) is 5.95. The Morgan fingerprint density at radius 1 is 1.80 bits per heavy atom. The molecule has 0 aliphatic rings. The van der Waals surface area contributed by atoms with Crippen LogP contribution in [0.15, 0.2) is 22.4 Å². The van der Waals surface area contributed by atoms with Gasteiger partial charge in [-0.15, -0.1) is 0 Å². The number of hydrogen-bond donors (Lipinski definition) is 1. The monoisotopic (exact) mass is 313 g/mol. The van der Waals surface area contributed by atoms with Crippen LogP contribution in [0.1, 0.15) is 0 Å². The fraction of sp³-hybridized carbons (Fsp3) is 0.286. The highest BCUT2D eigenvalue weighted by atomic mass is 79.9. The van der Waals surface area contributed by atoms with Crippen LogP contribution >= 0.6 is 27.5 Å². The Bertz CT molecular complexity index is 482. The van der Waals surface area contributed by atoms with Gasteiger partial charge in [0.15, 0.2) is 0 Å². The van der Waals surface area contributed by atoms with Gasteiger partial charge in [-0.05, 0) is 0 Å². The van der Waals surface area contributed by atoms with Crippen LogP contribution in [0.3, 0.4) is 0 Å². The maximum atomic E-state index is 11.6. The summed E-state index contributed by atoms with van der Waals surface area (Å²) in [6, 6.07) is 0. The molecule has 0 fully saturated rings. The van der Waals surface area contributed by atoms with E-state index in [1.807, 2.05) is 0 Å². The van der Waals surface area contributed by atoms with E-state index in [4.69, 9.17) is 11.6 Å². The lowest BCUT2D eigenvalue weighted by Gasteiger charge is -2.03. The van der Waals surface area contributed by atoms with Crippen molar-refractivity contribution in [2.75, 3.05) is 6.54 Å². The summed E-state index contributed by atoms with van der Waals surface area (Å²) < 4.78 is 27.5. The lowest BCUT2D eigenvalue weighted by atomic mass is 10.7. The Labute approximate surface area is 101 Å². The van der Waals surface area contributed by atoms with Gasteiger partial charge in [0, 0.05) is 18.1 Å². The molecule has 0 aromatic carbocycles. The van der Waals surface area contributed by atoms with Crippen LogP contribution in [0.5, 0.6) is 0 Å². The first kappa shape index (κ1) is 12.7. The zero-order valence-electron chi connectivity index (χ0n) is 7.87. The molecule has 1 rings (SSSR count). The van der Waals surface area contributed by atoms with Gasteiger partial charge in [-0.2, -0.15) is 0 Å². The molecular weight excluding hydrogens is 306 g/mol. The van der Waals surface area contributed by atoms with Crippen molar-refractivity contribution in [1.82, 2.24) is 14.3 Å². The first-order chi connectivity index (χ1) is 6.84. The number of hydrogen-bond acceptors (Lipinski definition) is 3. The number of aromatic nitrogens is 2. The molecule has 0 aliphatic carbocycles. The molecule has 1 aromatic rings. The lowest BCUT2D eigenvalue weighted by Crippen LogP contribution is -2.25. The molecule has 0 amide bonds. The van der Waals surface area contributed by atoms with Gasteiger partial charge in [0.25, 0.3) is 10.0 Å². The van der Waals surface area contributed by atoms with Crippen molar-refractivity contribution in [3.63, 3.8) is 0 Å². The third-order valence-corrected chi connectivity index (χ3v) is 3.71. The van der Waals surface area contributed by atoms with Crippen LogP contribution in [-0.4, -0.2) is 24.5 Å². The minimum Gasteiger partial charge on any atom is -0.324 e. The first-order valence-electron chi connectivity index (χ1n) is 3.84. The number of rotatable bonds is 4. The molecule has 0 atom stereocenters. The number of halogens is 2. The van der Waals surface area contributed by atoms with Gasteiger partial charge in [0.2, 0.25) is 5.03 Å². The van der Waals surface area contributed by atoms with Crippen LogP contribution in [0.2, 0.25) is 5.15 Å². The van der Waals surface area contributed by atoms with Crippen molar-refractivity contribution in [1.29, 1.82) is 0 Å². The highest BCUT2D eigenvalue weighted by Gasteiger charge is 2.21. The molecule has 5 nitrogen and oxygen atoms in total. The van der Waals surface area contributed by atoms with E-state index in [-0.39, 0.29) is 16.7 Å². The van der Waals surface area contributed by atoms with Crippen molar-refractivity contribution in [3.05, 3.63) is 22.5 Å². The zero-order valence-corrected chi connectivity index (χ0v) is 11.0. The van der Waals surface area contributed by atoms with E-state index in [1.165, 1.54) is 10.9 Å². The van der Waals surface area contributed by atoms with Crippen LogP contribution in [0.4, 0.5) is 0 Å². The first-order valence-corrected chi connectivity index (χ1v) is 6.50. The van der Waals surface area contributed by atoms with E-state index in [0.717, 1.165) is 0 Å². The largest absolute Gasteiger partial charge is 0.324 e. The predicted octanol–water partition coefficient (Wildman–Crippen LogP) is 1.26. The third-order valence-electron chi connectivity index (χ3n) is 1.54. The van der Waals surface area contributed by atoms with Crippen LogP contribution in [-0.2, 0) is 17.1 Å². The second kappa shape index (κ2) is 4.65. The van der Waals surface area contributed by atoms with Crippen LogP contribution < -0.4 is 4.72 Å². The van der Waals surface area contributed by atoms with Gasteiger partial charge in [-0.1, -0.05) is 34.1 Å². The van der Waals surface area contributed by atoms with Crippen LogP contribution in [0.25, 0.3) is 0 Å². The molecule has 8 heteroatoms. The van der Waals surface area contributed by atoms with Crippen molar-refractivity contribution >= 4 is 37.6 Å². The van der Waals surface area contributed by atoms with Gasteiger partial charge in [-0.3, -0.25) is 0 Å². The summed E-state index contributed by atoms with van der Waals surface area (Å²) in [4.78, 5) is 3.70. The van der Waals surface area contributed by atoms with Crippen molar-refractivity contribution in [2.45, 2.75) is 5.03 Å². The molecule has 84 valence electrons. The summed E-state index contributed by atoms with van der Waals surface area (Å²) in [6.07, 6.45) is 1.33. The molecule has 0 saturated carbocycles. The minimum absolute atomic E-state index is 0.0719. The number of sulfonamides is 1. The molecule has 0 unspecified atom stereocenters. The fourth-order valence-corrected chi connectivity index (χ4v) is 2.59. The summed E-state index contributed by atoms with van der Waals surface area (Å²) in [5.41, 5.74) is 0. The summed E-state index contributed by atoms with van der Waals surface area (Å²) >= 11 is 8.80. The van der Waals surface area contributed by atoms with Gasteiger partial charge in [0.1, 0.15) is 5.15 Å². The molecule has 0 saturated heterocycles. The van der Waals surface area contributed by atoms with E-state index in [9.17, 15) is 8.42 Å². The summed E-state index contributed by atoms with van der Waals surface area (Å²) in [5, 5.41) is -0.108. The summed E-state index contributed by atoms with van der Waals surface area (Å²) in [7, 11) is -2.06. The molecule has 0 bridgehead atoms. The van der Waals surface area contributed by atoms with E-state index in [1.54, 1.807) is 7.05 Å². The average Bonchev–Trinajstić information content (AvgIpc) is 2.45. The molecule has 1 N–H and O–H groups in total. The highest BCUT2D eigenvalue weighted by molar-refractivity contribution is 9.11. The smallest absolute Gasteiger partial charge is 0.261 e. The maximum Gasteiger partial charge on any atom is 0.261 e. The van der Waals surface area contributed by atoms with E-state index in [0.29, 0.717) is 4.48 Å². The molecule has 0 radical (unpaired) electrons. The normalized spacial score (nSPS) is 11.7. The highest BCUT2D eigenvalue weighted by Crippen LogP contribution is 2.18. The van der Waals surface area contributed by atoms with Crippen molar-refractivity contribution < 1.29 is 8.42 Å². The lowest BCUT2D eigenvalue weighted by molar-refractivity contribution is 0.582. The van der Waals surface area contributed by atoms with Gasteiger partial charge in [0.05, 0.1) is 6.33 Å². The average molecular weight is 315 g/mol. The number of nitrogens with one attached hydrogen (secondary N) is 1. The molecule has 0 aliphatic heterocycles. The molecule has 1 heterocycles. The summed E-state index contributed by atoms with van der Waals surface area (Å²) in [5.74, 6) is 0. The minimum atomic E-state index is -3.67. The Balaban J connectivity index is 2.97. The summed E-state index contributed by atoms with van der Waals surface area (Å²) in [6.45, 7) is 3.60. The van der Waals surface area contributed by atoms with Gasteiger partial charge < -0.3 is 4.57 Å². The van der Waals surface area contributed by atoms with Crippen molar-refractivity contribution in [3.8, 4) is 0 Å². The Hall–Kier alpha value is -0.370. The predicted molar refractivity (Wildman–Crippen MR) is 61.5 cm³/mol. The number of imidazole rings is 1. The Kier molecular flexibility index (Phi) is 3.93. The van der Waals surface area contributed by atoms with Gasteiger partial charge in [-0.25, -0.2) is 18.1 Å². The maximum absolute atomic E-state index is 11.6. The molecule has 1 aromatic heterocycles. The molecule has 15 heavy (non-hydrogen) atoms. The van der Waals surface area contributed by atoms with Crippen LogP contribution in [0, 0.1) is 0 Å².